The van der Waals surface area contributed by atoms with Crippen molar-refractivity contribution in [2.24, 2.45) is 5.92 Å². The molecule has 0 aromatic carbocycles. The molecule has 0 rings (SSSR count). The van der Waals surface area contributed by atoms with Crippen LogP contribution >= 0.6 is 0 Å². The molecule has 2 atom stereocenters. The molecule has 96 valence electrons. The Balaban J connectivity index is 3.59. The molecule has 0 amide bonds. The highest BCUT2D eigenvalue weighted by atomic mass is 16.5. The molecule has 0 spiro atoms. The highest BCUT2D eigenvalue weighted by molar-refractivity contribution is 5.69. The van der Waals surface area contributed by atoms with Gasteiger partial charge in [0.2, 0.25) is 0 Å². The summed E-state index contributed by atoms with van der Waals surface area (Å²) in [6.45, 7) is 7.64. The zero-order valence-electron chi connectivity index (χ0n) is 11.2. The van der Waals surface area contributed by atoms with Gasteiger partial charge in [0.1, 0.15) is 0 Å². The molecule has 0 aliphatic carbocycles. The van der Waals surface area contributed by atoms with Gasteiger partial charge in [-0.1, -0.05) is 27.2 Å². The van der Waals surface area contributed by atoms with Crippen LogP contribution in [0.3, 0.4) is 0 Å². The standard InChI is InChI=1S/C13H27NO2/c1-5-11(3)10-12(6-2)14-9-7-8-13(15)16-4/h11-12,14H,5-10H2,1-4H3. The zero-order chi connectivity index (χ0) is 12.4. The van der Waals surface area contributed by atoms with Crippen LogP contribution < -0.4 is 5.32 Å². The lowest BCUT2D eigenvalue weighted by molar-refractivity contribution is -0.140. The van der Waals surface area contributed by atoms with Crippen LogP contribution in [-0.4, -0.2) is 25.7 Å². The topological polar surface area (TPSA) is 38.3 Å². The summed E-state index contributed by atoms with van der Waals surface area (Å²) in [5.41, 5.74) is 0. The Morgan fingerprint density at radius 1 is 1.31 bits per heavy atom. The molecule has 0 aliphatic rings. The molecule has 0 aromatic rings. The highest BCUT2D eigenvalue weighted by Crippen LogP contribution is 2.11. The molecule has 3 nitrogen and oxygen atoms in total. The van der Waals surface area contributed by atoms with E-state index >= 15 is 0 Å². The lowest BCUT2D eigenvalue weighted by Crippen LogP contribution is -2.31. The zero-order valence-corrected chi connectivity index (χ0v) is 11.2. The first-order valence-electron chi connectivity index (χ1n) is 6.44. The Hall–Kier alpha value is -0.570. The number of nitrogens with one attached hydrogen (secondary N) is 1. The van der Waals surface area contributed by atoms with E-state index in [0.717, 1.165) is 25.3 Å². The van der Waals surface area contributed by atoms with Gasteiger partial charge in [-0.15, -0.1) is 0 Å². The lowest BCUT2D eigenvalue weighted by Gasteiger charge is -2.20. The number of esters is 1. The second-order valence-corrected chi connectivity index (χ2v) is 4.49. The minimum atomic E-state index is -0.114. The summed E-state index contributed by atoms with van der Waals surface area (Å²) >= 11 is 0. The van der Waals surface area contributed by atoms with Gasteiger partial charge in [0.15, 0.2) is 0 Å². The molecule has 0 aromatic heterocycles. The molecular formula is C13H27NO2. The third-order valence-electron chi connectivity index (χ3n) is 3.09. The van der Waals surface area contributed by atoms with Crippen molar-refractivity contribution < 1.29 is 9.53 Å². The van der Waals surface area contributed by atoms with E-state index in [1.807, 2.05) is 0 Å². The fourth-order valence-electron chi connectivity index (χ4n) is 1.69. The Bertz CT molecular complexity index is 183. The van der Waals surface area contributed by atoms with Crippen LogP contribution in [0.2, 0.25) is 0 Å². The molecule has 0 saturated heterocycles. The lowest BCUT2D eigenvalue weighted by atomic mass is 9.98. The first-order valence-corrected chi connectivity index (χ1v) is 6.44. The van der Waals surface area contributed by atoms with Crippen molar-refractivity contribution in [1.82, 2.24) is 5.32 Å². The predicted molar refractivity (Wildman–Crippen MR) is 67.4 cm³/mol. The van der Waals surface area contributed by atoms with Crippen molar-refractivity contribution >= 4 is 5.97 Å². The van der Waals surface area contributed by atoms with Gasteiger partial charge in [-0.05, 0) is 31.7 Å². The summed E-state index contributed by atoms with van der Waals surface area (Å²) in [5.74, 6) is 0.662. The summed E-state index contributed by atoms with van der Waals surface area (Å²) in [4.78, 5) is 10.9. The molecule has 0 bridgehead atoms. The third-order valence-corrected chi connectivity index (χ3v) is 3.09. The maximum absolute atomic E-state index is 10.9. The fraction of sp³-hybridized carbons (Fsp3) is 0.923. The van der Waals surface area contributed by atoms with Crippen molar-refractivity contribution in [1.29, 1.82) is 0 Å². The minimum Gasteiger partial charge on any atom is -0.469 e. The number of methoxy groups -OCH3 is 1. The monoisotopic (exact) mass is 229 g/mol. The molecule has 2 unspecified atom stereocenters. The van der Waals surface area contributed by atoms with Crippen LogP contribution in [0.5, 0.6) is 0 Å². The molecule has 0 saturated carbocycles. The number of rotatable bonds is 9. The van der Waals surface area contributed by atoms with Gasteiger partial charge in [0.25, 0.3) is 0 Å². The quantitative estimate of drug-likeness (QED) is 0.488. The van der Waals surface area contributed by atoms with E-state index in [1.165, 1.54) is 20.0 Å². The van der Waals surface area contributed by atoms with Gasteiger partial charge in [0, 0.05) is 12.5 Å². The molecule has 0 aliphatic heterocycles. The van der Waals surface area contributed by atoms with Gasteiger partial charge in [-0.25, -0.2) is 0 Å². The molecule has 0 heterocycles. The van der Waals surface area contributed by atoms with Crippen LogP contribution in [0.4, 0.5) is 0 Å². The number of ether oxygens (including phenoxy) is 1. The predicted octanol–water partition coefficient (Wildman–Crippen LogP) is 2.74. The van der Waals surface area contributed by atoms with Crippen LogP contribution in [0.1, 0.15) is 52.9 Å². The summed E-state index contributed by atoms with van der Waals surface area (Å²) in [7, 11) is 1.44. The average molecular weight is 229 g/mol. The maximum atomic E-state index is 10.9. The Morgan fingerprint density at radius 2 is 2.00 bits per heavy atom. The van der Waals surface area contributed by atoms with Crippen LogP contribution in [0.25, 0.3) is 0 Å². The van der Waals surface area contributed by atoms with Crippen LogP contribution in [0.15, 0.2) is 0 Å². The van der Waals surface area contributed by atoms with Crippen molar-refractivity contribution in [3.05, 3.63) is 0 Å². The molecule has 1 N–H and O–H groups in total. The first kappa shape index (κ1) is 15.4. The Labute approximate surface area is 99.9 Å². The Kier molecular flexibility index (Phi) is 9.30. The van der Waals surface area contributed by atoms with Gasteiger partial charge in [0.05, 0.1) is 7.11 Å². The fourth-order valence-corrected chi connectivity index (χ4v) is 1.69. The van der Waals surface area contributed by atoms with E-state index in [9.17, 15) is 4.79 Å². The second kappa shape index (κ2) is 9.64. The summed E-state index contributed by atoms with van der Waals surface area (Å²) in [6, 6.07) is 0.590. The van der Waals surface area contributed by atoms with Crippen LogP contribution in [0, 0.1) is 5.92 Å². The van der Waals surface area contributed by atoms with Gasteiger partial charge in [-0.3, -0.25) is 4.79 Å². The van der Waals surface area contributed by atoms with E-state index in [4.69, 9.17) is 0 Å². The molecule has 0 fully saturated rings. The summed E-state index contributed by atoms with van der Waals surface area (Å²) in [6.07, 6.45) is 5.00. The van der Waals surface area contributed by atoms with Crippen molar-refractivity contribution in [3.63, 3.8) is 0 Å². The van der Waals surface area contributed by atoms with Crippen molar-refractivity contribution in [2.45, 2.75) is 58.9 Å². The van der Waals surface area contributed by atoms with Crippen molar-refractivity contribution in [3.8, 4) is 0 Å². The van der Waals surface area contributed by atoms with E-state index in [1.54, 1.807) is 0 Å². The SMILES string of the molecule is CCC(C)CC(CC)NCCCC(=O)OC. The van der Waals surface area contributed by atoms with Gasteiger partial charge >= 0.3 is 5.97 Å². The molecule has 16 heavy (non-hydrogen) atoms. The number of hydrogen-bond acceptors (Lipinski definition) is 3. The van der Waals surface area contributed by atoms with E-state index < -0.39 is 0 Å². The molecule has 3 heteroatoms. The largest absolute Gasteiger partial charge is 0.469 e. The van der Waals surface area contributed by atoms with E-state index in [2.05, 4.69) is 30.8 Å². The molecule has 0 radical (unpaired) electrons. The highest BCUT2D eigenvalue weighted by Gasteiger charge is 2.09. The third kappa shape index (κ3) is 7.69. The minimum absolute atomic E-state index is 0.114. The normalized spacial score (nSPS) is 14.5. The van der Waals surface area contributed by atoms with Crippen molar-refractivity contribution in [2.75, 3.05) is 13.7 Å². The maximum Gasteiger partial charge on any atom is 0.305 e. The smallest absolute Gasteiger partial charge is 0.305 e. The summed E-state index contributed by atoms with van der Waals surface area (Å²) < 4.78 is 4.60. The van der Waals surface area contributed by atoms with Gasteiger partial charge < -0.3 is 10.1 Å². The molecular weight excluding hydrogens is 202 g/mol. The van der Waals surface area contributed by atoms with Gasteiger partial charge in [-0.2, -0.15) is 0 Å². The second-order valence-electron chi connectivity index (χ2n) is 4.49. The number of carbonyl (C=O) groups is 1. The van der Waals surface area contributed by atoms with Crippen LogP contribution in [-0.2, 0) is 9.53 Å². The summed E-state index contributed by atoms with van der Waals surface area (Å²) in [5, 5.41) is 3.51. The number of hydrogen-bond donors (Lipinski definition) is 1. The van der Waals surface area contributed by atoms with E-state index in [0.29, 0.717) is 12.5 Å². The Morgan fingerprint density at radius 3 is 2.50 bits per heavy atom. The average Bonchev–Trinajstić information content (AvgIpc) is 2.32. The van der Waals surface area contributed by atoms with E-state index in [-0.39, 0.29) is 5.97 Å². The number of carbonyl (C=O) groups excluding carboxylic acids is 1. The first-order chi connectivity index (χ1) is 7.63.